The number of rotatable bonds is 4. The van der Waals surface area contributed by atoms with E-state index >= 15 is 0 Å². The average Bonchev–Trinajstić information content (AvgIpc) is 2.77. The molecule has 1 saturated carbocycles. The third-order valence-electron chi connectivity index (χ3n) is 3.83. The van der Waals surface area contributed by atoms with Crippen LogP contribution in [0.15, 0.2) is 16.7 Å². The van der Waals surface area contributed by atoms with Crippen molar-refractivity contribution in [2.24, 2.45) is 5.73 Å². The lowest BCUT2D eigenvalue weighted by molar-refractivity contribution is 0.461. The summed E-state index contributed by atoms with van der Waals surface area (Å²) in [5, 5.41) is 8.16. The molecule has 0 atom stereocenters. The molecule has 6 heteroatoms. The molecule has 1 fully saturated rings. The van der Waals surface area contributed by atoms with Crippen LogP contribution in [0.5, 0.6) is 0 Å². The zero-order valence-corrected chi connectivity index (χ0v) is 13.1. The van der Waals surface area contributed by atoms with Gasteiger partial charge in [-0.25, -0.2) is 9.50 Å². The minimum Gasteiger partial charge on any atom is -0.366 e. The summed E-state index contributed by atoms with van der Waals surface area (Å²) >= 11 is 3.57. The normalized spacial score (nSPS) is 16.7. The molecule has 0 unspecified atom stereocenters. The van der Waals surface area contributed by atoms with Crippen LogP contribution < -0.4 is 11.1 Å². The van der Waals surface area contributed by atoms with Gasteiger partial charge in [-0.1, -0.05) is 19.3 Å². The number of nitrogens with one attached hydrogen (secondary N) is 1. The predicted molar refractivity (Wildman–Crippen MR) is 83.9 cm³/mol. The van der Waals surface area contributed by atoms with Crippen LogP contribution in [0.3, 0.4) is 0 Å². The molecular weight excluding hydrogens is 318 g/mol. The molecule has 0 saturated heterocycles. The van der Waals surface area contributed by atoms with Gasteiger partial charge >= 0.3 is 0 Å². The molecule has 2 aromatic heterocycles. The maximum absolute atomic E-state index is 5.60. The van der Waals surface area contributed by atoms with Crippen molar-refractivity contribution in [1.29, 1.82) is 0 Å². The third-order valence-corrected chi connectivity index (χ3v) is 4.62. The first-order valence-corrected chi connectivity index (χ1v) is 8.08. The molecule has 20 heavy (non-hydrogen) atoms. The van der Waals surface area contributed by atoms with Crippen molar-refractivity contribution in [1.82, 2.24) is 14.6 Å². The van der Waals surface area contributed by atoms with Gasteiger partial charge in [0.15, 0.2) is 5.65 Å². The summed E-state index contributed by atoms with van der Waals surface area (Å²) in [6, 6.07) is 4.57. The van der Waals surface area contributed by atoms with Gasteiger partial charge in [-0.3, -0.25) is 0 Å². The number of imidazole rings is 1. The van der Waals surface area contributed by atoms with Gasteiger partial charge in [-0.2, -0.15) is 0 Å². The summed E-state index contributed by atoms with van der Waals surface area (Å²) in [6.07, 6.45) is 7.23. The Kier molecular flexibility index (Phi) is 4.21. The molecular formula is C14H20BrN5. The SMILES string of the molecule is NCCc1nc2ccc(NC3CCCCC3)nn2c1Br. The van der Waals surface area contributed by atoms with Crippen LogP contribution in [0.1, 0.15) is 37.8 Å². The van der Waals surface area contributed by atoms with Crippen LogP contribution >= 0.6 is 15.9 Å². The molecule has 0 bridgehead atoms. The number of halogens is 1. The lowest BCUT2D eigenvalue weighted by Crippen LogP contribution is -2.23. The quantitative estimate of drug-likeness (QED) is 0.899. The molecule has 0 aliphatic heterocycles. The number of aromatic nitrogens is 3. The Bertz CT molecular complexity index is 589. The van der Waals surface area contributed by atoms with E-state index in [9.17, 15) is 0 Å². The van der Waals surface area contributed by atoms with Gasteiger partial charge in [0.05, 0.1) is 5.69 Å². The maximum atomic E-state index is 5.60. The van der Waals surface area contributed by atoms with Crippen LogP contribution in [-0.4, -0.2) is 27.2 Å². The number of fused-ring (bicyclic) bond motifs is 1. The van der Waals surface area contributed by atoms with Crippen LogP contribution in [0.25, 0.3) is 5.65 Å². The third kappa shape index (κ3) is 2.81. The highest BCUT2D eigenvalue weighted by atomic mass is 79.9. The number of hydrogen-bond donors (Lipinski definition) is 2. The van der Waals surface area contributed by atoms with E-state index in [1.165, 1.54) is 32.1 Å². The molecule has 3 N–H and O–H groups in total. The van der Waals surface area contributed by atoms with E-state index in [1.807, 2.05) is 16.6 Å². The molecule has 2 aromatic rings. The fourth-order valence-corrected chi connectivity index (χ4v) is 3.33. The first kappa shape index (κ1) is 13.8. The van der Waals surface area contributed by atoms with Crippen LogP contribution in [0, 0.1) is 0 Å². The smallest absolute Gasteiger partial charge is 0.155 e. The molecule has 108 valence electrons. The zero-order valence-electron chi connectivity index (χ0n) is 11.5. The Labute approximate surface area is 127 Å². The van der Waals surface area contributed by atoms with E-state index in [2.05, 4.69) is 31.3 Å². The lowest BCUT2D eigenvalue weighted by atomic mass is 9.95. The fourth-order valence-electron chi connectivity index (χ4n) is 2.78. The van der Waals surface area contributed by atoms with E-state index in [4.69, 9.17) is 5.73 Å². The van der Waals surface area contributed by atoms with Crippen LogP contribution in [0.4, 0.5) is 5.82 Å². The molecule has 1 aliphatic carbocycles. The number of nitrogens with two attached hydrogens (primary N) is 1. The van der Waals surface area contributed by atoms with Gasteiger partial charge in [0.1, 0.15) is 10.4 Å². The highest BCUT2D eigenvalue weighted by Gasteiger charge is 2.15. The molecule has 5 nitrogen and oxygen atoms in total. The standard InChI is InChI=1S/C14H20BrN5/c15-14-11(8-9-16)18-13-7-6-12(19-20(13)14)17-10-4-2-1-3-5-10/h6-7,10H,1-5,8-9,16H2,(H,17,19). The van der Waals surface area contributed by atoms with Crippen LogP contribution in [-0.2, 0) is 6.42 Å². The predicted octanol–water partition coefficient (Wildman–Crippen LogP) is 2.74. The minimum absolute atomic E-state index is 0.555. The summed E-state index contributed by atoms with van der Waals surface area (Å²) in [5.74, 6) is 0.918. The van der Waals surface area contributed by atoms with E-state index in [0.29, 0.717) is 12.6 Å². The summed E-state index contributed by atoms with van der Waals surface area (Å²) < 4.78 is 2.75. The Hall–Kier alpha value is -1.14. The Balaban J connectivity index is 1.83. The summed E-state index contributed by atoms with van der Waals surface area (Å²) in [7, 11) is 0. The van der Waals surface area contributed by atoms with Crippen molar-refractivity contribution in [2.75, 3.05) is 11.9 Å². The largest absolute Gasteiger partial charge is 0.366 e. The molecule has 0 amide bonds. The molecule has 0 aromatic carbocycles. The second kappa shape index (κ2) is 6.10. The Morgan fingerprint density at radius 2 is 2.10 bits per heavy atom. The first-order chi connectivity index (χ1) is 9.78. The van der Waals surface area contributed by atoms with E-state index in [0.717, 1.165) is 28.2 Å². The van der Waals surface area contributed by atoms with Gasteiger partial charge in [0.25, 0.3) is 0 Å². The first-order valence-electron chi connectivity index (χ1n) is 7.28. The monoisotopic (exact) mass is 337 g/mol. The maximum Gasteiger partial charge on any atom is 0.155 e. The Morgan fingerprint density at radius 1 is 1.30 bits per heavy atom. The average molecular weight is 338 g/mol. The van der Waals surface area contributed by atoms with Crippen LogP contribution in [0.2, 0.25) is 0 Å². The van der Waals surface area contributed by atoms with Crippen molar-refractivity contribution in [3.8, 4) is 0 Å². The highest BCUT2D eigenvalue weighted by molar-refractivity contribution is 9.10. The topological polar surface area (TPSA) is 68.2 Å². The number of hydrogen-bond acceptors (Lipinski definition) is 4. The minimum atomic E-state index is 0.555. The van der Waals surface area contributed by atoms with E-state index in [-0.39, 0.29) is 0 Å². The molecule has 0 spiro atoms. The summed E-state index contributed by atoms with van der Waals surface area (Å²) in [5.41, 5.74) is 7.43. The highest BCUT2D eigenvalue weighted by Crippen LogP contribution is 2.23. The van der Waals surface area contributed by atoms with Gasteiger partial charge in [0.2, 0.25) is 0 Å². The molecule has 1 aliphatic rings. The molecule has 0 radical (unpaired) electrons. The van der Waals surface area contributed by atoms with Crippen molar-refractivity contribution in [3.05, 3.63) is 22.4 Å². The van der Waals surface area contributed by atoms with Crippen molar-refractivity contribution in [3.63, 3.8) is 0 Å². The van der Waals surface area contributed by atoms with Gasteiger partial charge in [-0.15, -0.1) is 5.10 Å². The van der Waals surface area contributed by atoms with Crippen molar-refractivity contribution >= 4 is 27.4 Å². The van der Waals surface area contributed by atoms with Crippen molar-refractivity contribution < 1.29 is 0 Å². The fraction of sp³-hybridized carbons (Fsp3) is 0.571. The number of nitrogens with zero attached hydrogens (tertiary/aromatic N) is 3. The zero-order chi connectivity index (χ0) is 13.9. The summed E-state index contributed by atoms with van der Waals surface area (Å²) in [4.78, 5) is 4.54. The summed E-state index contributed by atoms with van der Waals surface area (Å²) in [6.45, 7) is 0.593. The lowest BCUT2D eigenvalue weighted by Gasteiger charge is -2.23. The number of anilines is 1. The second-order valence-corrected chi connectivity index (χ2v) is 6.11. The van der Waals surface area contributed by atoms with Gasteiger partial charge < -0.3 is 11.1 Å². The van der Waals surface area contributed by atoms with E-state index in [1.54, 1.807) is 0 Å². The Morgan fingerprint density at radius 3 is 2.85 bits per heavy atom. The van der Waals surface area contributed by atoms with Gasteiger partial charge in [-0.05, 0) is 47.4 Å². The van der Waals surface area contributed by atoms with E-state index < -0.39 is 0 Å². The second-order valence-electron chi connectivity index (χ2n) is 5.36. The molecule has 3 rings (SSSR count). The van der Waals surface area contributed by atoms with Gasteiger partial charge in [0, 0.05) is 12.5 Å². The molecule has 2 heterocycles. The van der Waals surface area contributed by atoms with Crippen molar-refractivity contribution in [2.45, 2.75) is 44.6 Å².